The molecule has 1 fully saturated rings. The lowest BCUT2D eigenvalue weighted by molar-refractivity contribution is 0.170. The number of likely N-dealkylation sites (tertiary alicyclic amines) is 1. The Morgan fingerprint density at radius 3 is 2.69 bits per heavy atom. The summed E-state index contributed by atoms with van der Waals surface area (Å²) >= 11 is 0. The molecule has 0 aliphatic carbocycles. The number of nitrogens with two attached hydrogens (primary N) is 1. The highest BCUT2D eigenvalue weighted by Gasteiger charge is 2.13. The van der Waals surface area contributed by atoms with Crippen LogP contribution in [0.1, 0.15) is 17.8 Å². The molecule has 2 N–H and O–H groups in total. The Morgan fingerprint density at radius 2 is 2.08 bits per heavy atom. The quantitative estimate of drug-likeness (QED) is 0.740. The van der Waals surface area contributed by atoms with Crippen LogP contribution in [0, 0.1) is 0 Å². The van der Waals surface area contributed by atoms with Crippen LogP contribution in [0.15, 0.2) is 18.2 Å². The van der Waals surface area contributed by atoms with Gasteiger partial charge >= 0.3 is 0 Å². The van der Waals surface area contributed by atoms with Gasteiger partial charge in [-0.05, 0) is 31.6 Å². The normalized spacial score (nSPS) is 17.0. The lowest BCUT2D eigenvalue weighted by Gasteiger charge is -2.30. The minimum absolute atomic E-state index is 0.536. The minimum Gasteiger partial charge on any atom is -0.325 e. The van der Waals surface area contributed by atoms with Crippen molar-refractivity contribution in [3.8, 4) is 0 Å². The molecule has 1 aromatic rings. The third-order valence-electron chi connectivity index (χ3n) is 2.41. The predicted molar refractivity (Wildman–Crippen MR) is 52.0 cm³/mol. The molecule has 0 aromatic carbocycles. The molecule has 1 aliphatic rings. The van der Waals surface area contributed by atoms with Gasteiger partial charge in [-0.15, -0.1) is 0 Å². The second-order valence-corrected chi connectivity index (χ2v) is 3.45. The Labute approximate surface area is 78.6 Å². The van der Waals surface area contributed by atoms with Crippen LogP contribution in [0.5, 0.6) is 0 Å². The number of aromatic nitrogens is 1. The highest BCUT2D eigenvalue weighted by Crippen LogP contribution is 2.10. The van der Waals surface area contributed by atoms with Gasteiger partial charge in [-0.1, -0.05) is 6.07 Å². The summed E-state index contributed by atoms with van der Waals surface area (Å²) in [5, 5.41) is 0. The molecular weight excluding hydrogens is 162 g/mol. The first-order valence-corrected chi connectivity index (χ1v) is 4.76. The molecule has 2 heterocycles. The highest BCUT2D eigenvalue weighted by molar-refractivity contribution is 5.11. The van der Waals surface area contributed by atoms with Crippen LogP contribution in [0.4, 0.5) is 0 Å². The van der Waals surface area contributed by atoms with Crippen molar-refractivity contribution in [2.45, 2.75) is 19.5 Å². The number of hydrogen-bond acceptors (Lipinski definition) is 3. The Balaban J connectivity index is 2.01. The highest BCUT2D eigenvalue weighted by atomic mass is 15.2. The van der Waals surface area contributed by atoms with E-state index in [-0.39, 0.29) is 0 Å². The summed E-state index contributed by atoms with van der Waals surface area (Å²) in [4.78, 5) is 6.84. The molecule has 3 heteroatoms. The summed E-state index contributed by atoms with van der Waals surface area (Å²) < 4.78 is 0. The molecule has 13 heavy (non-hydrogen) atoms. The second kappa shape index (κ2) is 3.85. The Bertz CT molecular complexity index is 281. The molecule has 1 aliphatic heterocycles. The van der Waals surface area contributed by atoms with E-state index in [9.17, 15) is 0 Å². The van der Waals surface area contributed by atoms with Crippen LogP contribution < -0.4 is 5.73 Å². The molecule has 0 amide bonds. The van der Waals surface area contributed by atoms with E-state index in [1.54, 1.807) is 0 Å². The van der Waals surface area contributed by atoms with E-state index in [1.807, 2.05) is 12.1 Å². The lowest BCUT2D eigenvalue weighted by Crippen LogP contribution is -2.36. The molecule has 0 radical (unpaired) electrons. The fourth-order valence-electron chi connectivity index (χ4n) is 1.50. The summed E-state index contributed by atoms with van der Waals surface area (Å²) in [6.45, 7) is 3.95. The largest absolute Gasteiger partial charge is 0.325 e. The Hall–Kier alpha value is -0.930. The van der Waals surface area contributed by atoms with Gasteiger partial charge < -0.3 is 5.73 Å². The first-order chi connectivity index (χ1) is 6.38. The van der Waals surface area contributed by atoms with Gasteiger partial charge in [-0.25, -0.2) is 0 Å². The van der Waals surface area contributed by atoms with Gasteiger partial charge in [0, 0.05) is 13.1 Å². The first kappa shape index (κ1) is 8.66. The van der Waals surface area contributed by atoms with Crippen molar-refractivity contribution in [3.05, 3.63) is 29.6 Å². The summed E-state index contributed by atoms with van der Waals surface area (Å²) in [6.07, 6.45) is 1.33. The molecule has 2 rings (SSSR count). The van der Waals surface area contributed by atoms with Crippen molar-refractivity contribution in [1.82, 2.24) is 9.88 Å². The van der Waals surface area contributed by atoms with Crippen molar-refractivity contribution < 1.29 is 0 Å². The van der Waals surface area contributed by atoms with Crippen molar-refractivity contribution in [1.29, 1.82) is 0 Å². The van der Waals surface area contributed by atoms with Crippen molar-refractivity contribution >= 4 is 0 Å². The number of rotatable bonds is 3. The zero-order valence-electron chi connectivity index (χ0n) is 7.74. The van der Waals surface area contributed by atoms with Gasteiger partial charge in [0.2, 0.25) is 0 Å². The average molecular weight is 177 g/mol. The maximum atomic E-state index is 5.52. The summed E-state index contributed by atoms with van der Waals surface area (Å²) in [6, 6.07) is 6.07. The summed E-state index contributed by atoms with van der Waals surface area (Å²) in [7, 11) is 0. The molecule has 1 aromatic heterocycles. The van der Waals surface area contributed by atoms with Gasteiger partial charge in [0.05, 0.1) is 11.4 Å². The molecule has 0 saturated carbocycles. The zero-order valence-corrected chi connectivity index (χ0v) is 7.74. The van der Waals surface area contributed by atoms with Crippen LogP contribution in [-0.2, 0) is 13.1 Å². The Morgan fingerprint density at radius 1 is 1.31 bits per heavy atom. The fourth-order valence-corrected chi connectivity index (χ4v) is 1.50. The fraction of sp³-hybridized carbons (Fsp3) is 0.500. The van der Waals surface area contributed by atoms with Gasteiger partial charge in [0.15, 0.2) is 0 Å². The maximum Gasteiger partial charge on any atom is 0.0547 e. The third-order valence-corrected chi connectivity index (χ3v) is 2.41. The lowest BCUT2D eigenvalue weighted by atomic mass is 10.2. The van der Waals surface area contributed by atoms with Gasteiger partial charge in [0.25, 0.3) is 0 Å². The third kappa shape index (κ3) is 2.05. The minimum atomic E-state index is 0.536. The van der Waals surface area contributed by atoms with Crippen LogP contribution >= 0.6 is 0 Å². The van der Waals surface area contributed by atoms with E-state index in [0.717, 1.165) is 17.9 Å². The number of nitrogens with zero attached hydrogens (tertiary/aromatic N) is 2. The molecule has 70 valence electrons. The van der Waals surface area contributed by atoms with Crippen molar-refractivity contribution in [3.63, 3.8) is 0 Å². The van der Waals surface area contributed by atoms with E-state index in [0.29, 0.717) is 6.54 Å². The maximum absolute atomic E-state index is 5.52. The van der Waals surface area contributed by atoms with Gasteiger partial charge in [0.1, 0.15) is 0 Å². The Kier molecular flexibility index (Phi) is 2.57. The number of hydrogen-bond donors (Lipinski definition) is 1. The first-order valence-electron chi connectivity index (χ1n) is 4.76. The monoisotopic (exact) mass is 177 g/mol. The van der Waals surface area contributed by atoms with E-state index < -0.39 is 0 Å². The van der Waals surface area contributed by atoms with Crippen LogP contribution in [0.3, 0.4) is 0 Å². The zero-order chi connectivity index (χ0) is 9.10. The average Bonchev–Trinajstić information content (AvgIpc) is 2.12. The standard InChI is InChI=1S/C10H15N3/c11-7-9-3-1-4-10(12-9)8-13-5-2-6-13/h1,3-4H,2,5-8,11H2. The molecular formula is C10H15N3. The van der Waals surface area contributed by atoms with E-state index in [4.69, 9.17) is 5.73 Å². The summed E-state index contributed by atoms with van der Waals surface area (Å²) in [5.74, 6) is 0. The smallest absolute Gasteiger partial charge is 0.0547 e. The van der Waals surface area contributed by atoms with Crippen LogP contribution in [0.25, 0.3) is 0 Å². The molecule has 3 nitrogen and oxygen atoms in total. The van der Waals surface area contributed by atoms with Crippen molar-refractivity contribution in [2.75, 3.05) is 13.1 Å². The topological polar surface area (TPSA) is 42.1 Å². The van der Waals surface area contributed by atoms with Crippen LogP contribution in [-0.4, -0.2) is 23.0 Å². The predicted octanol–water partition coefficient (Wildman–Crippen LogP) is 0.746. The van der Waals surface area contributed by atoms with E-state index >= 15 is 0 Å². The molecule has 0 bridgehead atoms. The van der Waals surface area contributed by atoms with Crippen LogP contribution in [0.2, 0.25) is 0 Å². The van der Waals surface area contributed by atoms with Gasteiger partial charge in [-0.3, -0.25) is 9.88 Å². The number of pyridine rings is 1. The van der Waals surface area contributed by atoms with Gasteiger partial charge in [-0.2, -0.15) is 0 Å². The molecule has 1 saturated heterocycles. The molecule has 0 atom stereocenters. The SMILES string of the molecule is NCc1cccc(CN2CCC2)n1. The molecule has 0 spiro atoms. The van der Waals surface area contributed by atoms with E-state index in [2.05, 4.69) is 16.0 Å². The van der Waals surface area contributed by atoms with E-state index in [1.165, 1.54) is 19.5 Å². The van der Waals surface area contributed by atoms with Crippen molar-refractivity contribution in [2.24, 2.45) is 5.73 Å². The second-order valence-electron chi connectivity index (χ2n) is 3.45. The summed E-state index contributed by atoms with van der Waals surface area (Å²) in [5.41, 5.74) is 7.65. The molecule has 0 unspecified atom stereocenters.